The molecule has 30 heavy (non-hydrogen) atoms. The lowest BCUT2D eigenvalue weighted by Gasteiger charge is -2.08. The summed E-state index contributed by atoms with van der Waals surface area (Å²) in [6.45, 7) is 4.25. The van der Waals surface area contributed by atoms with Gasteiger partial charge in [-0.1, -0.05) is 36.4 Å². The number of hydrogen-bond acceptors (Lipinski definition) is 7. The minimum Gasteiger partial charge on any atom is -0.485 e. The van der Waals surface area contributed by atoms with Gasteiger partial charge in [0.2, 0.25) is 11.0 Å². The highest BCUT2D eigenvalue weighted by molar-refractivity contribution is 7.99. The summed E-state index contributed by atoms with van der Waals surface area (Å²) in [4.78, 5) is 0. The van der Waals surface area contributed by atoms with Crippen LogP contribution in [0.3, 0.4) is 0 Å². The molecule has 0 aliphatic rings. The summed E-state index contributed by atoms with van der Waals surface area (Å²) in [6, 6.07) is 12.9. The van der Waals surface area contributed by atoms with Crippen molar-refractivity contribution in [3.05, 3.63) is 70.8 Å². The van der Waals surface area contributed by atoms with Gasteiger partial charge in [0, 0.05) is 10.6 Å². The molecule has 0 saturated carbocycles. The quantitative estimate of drug-likeness (QED) is 0.258. The molecule has 0 amide bonds. The Hall–Kier alpha value is -2.97. The van der Waals surface area contributed by atoms with E-state index >= 15 is 0 Å². The van der Waals surface area contributed by atoms with Crippen molar-refractivity contribution in [1.29, 1.82) is 0 Å². The Kier molecular flexibility index (Phi) is 6.25. The lowest BCUT2D eigenvalue weighted by atomic mass is 10.2. The minimum absolute atomic E-state index is 0.288. The number of thioether (sulfide) groups is 1. The number of nitrogens with zero attached hydrogens (tertiary/aromatic N) is 4. The summed E-state index contributed by atoms with van der Waals surface area (Å²) >= 11 is 7.67. The molecule has 154 valence electrons. The molecule has 3 heterocycles. The predicted molar refractivity (Wildman–Crippen MR) is 116 cm³/mol. The topological polar surface area (TPSA) is 78.6 Å². The fourth-order valence-electron chi connectivity index (χ4n) is 2.70. The summed E-state index contributed by atoms with van der Waals surface area (Å²) in [5.41, 5.74) is 0.895. The molecule has 1 aromatic carbocycles. The highest BCUT2D eigenvalue weighted by Gasteiger charge is 2.15. The number of ether oxygens (including phenoxy) is 1. The molecule has 0 N–H and O–H groups in total. The van der Waals surface area contributed by atoms with E-state index < -0.39 is 0 Å². The van der Waals surface area contributed by atoms with Crippen LogP contribution < -0.4 is 4.74 Å². The van der Waals surface area contributed by atoms with Crippen LogP contribution in [0, 0.1) is 6.92 Å². The van der Waals surface area contributed by atoms with Crippen molar-refractivity contribution in [2.75, 3.05) is 5.75 Å². The van der Waals surface area contributed by atoms with E-state index in [1.165, 1.54) is 0 Å². The average molecular weight is 443 g/mol. The van der Waals surface area contributed by atoms with E-state index in [1.807, 2.05) is 50.2 Å². The van der Waals surface area contributed by atoms with Gasteiger partial charge in [-0.15, -0.1) is 10.2 Å². The van der Waals surface area contributed by atoms with Crippen molar-refractivity contribution in [2.45, 2.75) is 25.6 Å². The van der Waals surface area contributed by atoms with Gasteiger partial charge in [0.25, 0.3) is 0 Å². The Morgan fingerprint density at radius 1 is 1.20 bits per heavy atom. The number of hydrogen-bond donors (Lipinski definition) is 0. The molecule has 0 spiro atoms. The summed E-state index contributed by atoms with van der Waals surface area (Å²) in [6.07, 6.45) is 3.20. The summed E-state index contributed by atoms with van der Waals surface area (Å²) in [7, 11) is 0. The third kappa shape index (κ3) is 4.44. The lowest BCUT2D eigenvalue weighted by Crippen LogP contribution is -1.97. The van der Waals surface area contributed by atoms with E-state index in [4.69, 9.17) is 25.2 Å². The molecular formula is C21H19ClN4O3S. The number of rotatable bonds is 8. The minimum atomic E-state index is 0.288. The normalized spacial score (nSPS) is 11.4. The summed E-state index contributed by atoms with van der Waals surface area (Å²) in [5.74, 6) is 3.95. The molecule has 0 saturated heterocycles. The van der Waals surface area contributed by atoms with Crippen LogP contribution in [-0.2, 0) is 6.61 Å². The maximum atomic E-state index is 6.13. The van der Waals surface area contributed by atoms with Crippen molar-refractivity contribution >= 4 is 29.6 Å². The number of furan rings is 2. The molecule has 0 fully saturated rings. The number of aromatic nitrogens is 3. The molecule has 4 rings (SSSR count). The highest BCUT2D eigenvalue weighted by Crippen LogP contribution is 2.26. The van der Waals surface area contributed by atoms with Crippen LogP contribution in [0.15, 0.2) is 67.8 Å². The van der Waals surface area contributed by atoms with Crippen LogP contribution in [-0.4, -0.2) is 26.8 Å². The van der Waals surface area contributed by atoms with Crippen LogP contribution in [0.5, 0.6) is 5.75 Å². The third-order valence-corrected chi connectivity index (χ3v) is 5.41. The molecule has 3 aromatic heterocycles. The van der Waals surface area contributed by atoms with Crippen molar-refractivity contribution in [3.8, 4) is 17.3 Å². The first-order valence-electron chi connectivity index (χ1n) is 9.28. The van der Waals surface area contributed by atoms with Crippen molar-refractivity contribution in [3.63, 3.8) is 0 Å². The van der Waals surface area contributed by atoms with Crippen molar-refractivity contribution in [1.82, 2.24) is 14.9 Å². The first-order valence-corrected chi connectivity index (χ1v) is 10.6. The molecule has 0 radical (unpaired) electrons. The Morgan fingerprint density at radius 2 is 2.10 bits per heavy atom. The third-order valence-electron chi connectivity index (χ3n) is 4.20. The van der Waals surface area contributed by atoms with E-state index in [-0.39, 0.29) is 6.61 Å². The van der Waals surface area contributed by atoms with Gasteiger partial charge in [-0.05, 0) is 49.1 Å². The first kappa shape index (κ1) is 20.3. The van der Waals surface area contributed by atoms with Gasteiger partial charge in [0.1, 0.15) is 23.9 Å². The number of halogens is 1. The van der Waals surface area contributed by atoms with Crippen LogP contribution in [0.1, 0.15) is 24.0 Å². The summed E-state index contributed by atoms with van der Waals surface area (Å²) in [5, 5.41) is 14.2. The Labute approximate surface area is 182 Å². The average Bonchev–Trinajstić information content (AvgIpc) is 3.49. The van der Waals surface area contributed by atoms with Crippen LogP contribution in [0.25, 0.3) is 11.6 Å². The molecule has 0 unspecified atom stereocenters. The molecule has 4 aromatic rings. The second kappa shape index (κ2) is 9.23. The Balaban J connectivity index is 1.50. The van der Waals surface area contributed by atoms with E-state index in [1.54, 1.807) is 35.0 Å². The SMILES string of the molecule is CCSc1nnc(-c2ccco2)n1/N=C/c1ccc(COc2cccc(Cl)c2C)o1. The van der Waals surface area contributed by atoms with Crippen LogP contribution >= 0.6 is 23.4 Å². The van der Waals surface area contributed by atoms with Crippen LogP contribution in [0.4, 0.5) is 0 Å². The van der Waals surface area contributed by atoms with Gasteiger partial charge in [-0.3, -0.25) is 0 Å². The molecule has 9 heteroatoms. The second-order valence-corrected chi connectivity index (χ2v) is 7.87. The van der Waals surface area contributed by atoms with Gasteiger partial charge in [0.15, 0.2) is 5.76 Å². The number of benzene rings is 1. The molecule has 0 aliphatic heterocycles. The molecule has 0 atom stereocenters. The predicted octanol–water partition coefficient (Wildman–Crippen LogP) is 5.67. The maximum absolute atomic E-state index is 6.13. The molecule has 0 aliphatic carbocycles. The Morgan fingerprint density at radius 3 is 2.90 bits per heavy atom. The van der Waals surface area contributed by atoms with E-state index in [0.717, 1.165) is 17.1 Å². The Bertz CT molecular complexity index is 1150. The van der Waals surface area contributed by atoms with E-state index in [2.05, 4.69) is 15.3 Å². The zero-order valence-corrected chi connectivity index (χ0v) is 18.0. The fraction of sp³-hybridized carbons (Fsp3) is 0.190. The van der Waals surface area contributed by atoms with Crippen LogP contribution in [0.2, 0.25) is 5.02 Å². The first-order chi connectivity index (χ1) is 14.7. The smallest absolute Gasteiger partial charge is 0.221 e. The largest absolute Gasteiger partial charge is 0.485 e. The van der Waals surface area contributed by atoms with Crippen molar-refractivity contribution < 1.29 is 13.6 Å². The highest BCUT2D eigenvalue weighted by atomic mass is 35.5. The second-order valence-electron chi connectivity index (χ2n) is 6.23. The van der Waals surface area contributed by atoms with Gasteiger partial charge < -0.3 is 13.6 Å². The fourth-order valence-corrected chi connectivity index (χ4v) is 3.48. The van der Waals surface area contributed by atoms with Gasteiger partial charge in [0.05, 0.1) is 12.5 Å². The van der Waals surface area contributed by atoms with Gasteiger partial charge >= 0.3 is 0 Å². The van der Waals surface area contributed by atoms with E-state index in [0.29, 0.717) is 33.3 Å². The van der Waals surface area contributed by atoms with E-state index in [9.17, 15) is 0 Å². The maximum Gasteiger partial charge on any atom is 0.221 e. The molecule has 7 nitrogen and oxygen atoms in total. The van der Waals surface area contributed by atoms with Gasteiger partial charge in [-0.25, -0.2) is 0 Å². The van der Waals surface area contributed by atoms with Crippen molar-refractivity contribution in [2.24, 2.45) is 5.10 Å². The standard InChI is InChI=1S/C21H19ClN4O3S/c1-3-30-21-25-24-20(19-8-5-11-27-19)26(21)23-12-15-9-10-16(29-15)13-28-18-7-4-6-17(22)14(18)2/h4-12H,3,13H2,1-2H3/b23-12+. The molecular weight excluding hydrogens is 424 g/mol. The lowest BCUT2D eigenvalue weighted by molar-refractivity contribution is 0.268. The summed E-state index contributed by atoms with van der Waals surface area (Å²) < 4.78 is 18.7. The zero-order valence-electron chi connectivity index (χ0n) is 16.4. The monoisotopic (exact) mass is 442 g/mol. The van der Waals surface area contributed by atoms with Gasteiger partial charge in [-0.2, -0.15) is 9.78 Å². The zero-order chi connectivity index (χ0) is 20.9. The molecule has 0 bridgehead atoms.